The maximum atomic E-state index is 12.0. The largest absolute Gasteiger partial charge is 0.497 e. The normalized spacial score (nSPS) is 17.9. The maximum absolute atomic E-state index is 12.0. The zero-order valence-electron chi connectivity index (χ0n) is 10.9. The predicted molar refractivity (Wildman–Crippen MR) is 74.8 cm³/mol. The van der Waals surface area contributed by atoms with E-state index in [1.54, 1.807) is 7.11 Å². The van der Waals surface area contributed by atoms with Gasteiger partial charge in [0.05, 0.1) is 7.11 Å². The molecule has 1 aliphatic carbocycles. The van der Waals surface area contributed by atoms with Crippen molar-refractivity contribution in [3.8, 4) is 5.75 Å². The van der Waals surface area contributed by atoms with Gasteiger partial charge in [-0.15, -0.1) is 0 Å². The van der Waals surface area contributed by atoms with E-state index in [1.807, 2.05) is 36.4 Å². The molecule has 2 aromatic rings. The van der Waals surface area contributed by atoms with Gasteiger partial charge in [0.2, 0.25) is 0 Å². The van der Waals surface area contributed by atoms with Crippen LogP contribution in [-0.2, 0) is 0 Å². The van der Waals surface area contributed by atoms with E-state index in [1.165, 1.54) is 5.56 Å². The van der Waals surface area contributed by atoms with Gasteiger partial charge in [-0.3, -0.25) is 4.79 Å². The second kappa shape index (κ2) is 4.88. The van der Waals surface area contributed by atoms with Gasteiger partial charge in [-0.2, -0.15) is 0 Å². The third-order valence-electron chi connectivity index (χ3n) is 3.80. The average Bonchev–Trinajstić information content (AvgIpc) is 2.48. The van der Waals surface area contributed by atoms with Gasteiger partial charge >= 0.3 is 0 Å². The van der Waals surface area contributed by atoms with Crippen LogP contribution in [0, 0.1) is 0 Å². The lowest BCUT2D eigenvalue weighted by Crippen LogP contribution is -2.16. The molecule has 0 N–H and O–H groups in total. The van der Waals surface area contributed by atoms with Gasteiger partial charge < -0.3 is 4.74 Å². The molecule has 0 aliphatic heterocycles. The third-order valence-corrected chi connectivity index (χ3v) is 3.80. The Labute approximate surface area is 113 Å². The molecule has 0 saturated heterocycles. The summed E-state index contributed by atoms with van der Waals surface area (Å²) in [5.74, 6) is 1.35. The van der Waals surface area contributed by atoms with Crippen molar-refractivity contribution in [1.29, 1.82) is 0 Å². The van der Waals surface area contributed by atoms with Crippen LogP contribution >= 0.6 is 0 Å². The summed E-state index contributed by atoms with van der Waals surface area (Å²) in [7, 11) is 1.66. The minimum atomic E-state index is 0.241. The first-order valence-corrected chi connectivity index (χ1v) is 6.55. The number of fused-ring (bicyclic) bond motifs is 1. The van der Waals surface area contributed by atoms with Crippen LogP contribution in [0.2, 0.25) is 0 Å². The van der Waals surface area contributed by atoms with Gasteiger partial charge in [0, 0.05) is 17.9 Å². The number of ether oxygens (including phenoxy) is 1. The number of rotatable bonds is 2. The maximum Gasteiger partial charge on any atom is 0.163 e. The molecule has 3 rings (SSSR count). The van der Waals surface area contributed by atoms with Crippen LogP contribution in [0.5, 0.6) is 5.75 Å². The van der Waals surface area contributed by atoms with Gasteiger partial charge in [0.15, 0.2) is 5.78 Å². The Balaban J connectivity index is 2.11. The van der Waals surface area contributed by atoms with E-state index in [9.17, 15) is 4.79 Å². The Morgan fingerprint density at radius 2 is 1.89 bits per heavy atom. The fourth-order valence-corrected chi connectivity index (χ4v) is 2.81. The summed E-state index contributed by atoms with van der Waals surface area (Å²) in [6.45, 7) is 0. The first-order valence-electron chi connectivity index (χ1n) is 6.55. The molecule has 0 bridgehead atoms. The highest BCUT2D eigenvalue weighted by Gasteiger charge is 2.26. The summed E-state index contributed by atoms with van der Waals surface area (Å²) in [5.41, 5.74) is 3.22. The molecular formula is C17H16O2. The highest BCUT2D eigenvalue weighted by Crippen LogP contribution is 2.38. The zero-order chi connectivity index (χ0) is 13.2. The SMILES string of the molecule is COc1ccc2c(c1)C(c1ccccc1)CCC2=O. The van der Waals surface area contributed by atoms with Crippen LogP contribution in [-0.4, -0.2) is 12.9 Å². The number of hydrogen-bond donors (Lipinski definition) is 0. The van der Waals surface area contributed by atoms with Crippen molar-refractivity contribution >= 4 is 5.78 Å². The fraction of sp³-hybridized carbons (Fsp3) is 0.235. The van der Waals surface area contributed by atoms with E-state index in [-0.39, 0.29) is 5.78 Å². The first-order chi connectivity index (χ1) is 9.29. The molecule has 96 valence electrons. The van der Waals surface area contributed by atoms with E-state index >= 15 is 0 Å². The van der Waals surface area contributed by atoms with Crippen LogP contribution in [0.25, 0.3) is 0 Å². The highest BCUT2D eigenvalue weighted by atomic mass is 16.5. The van der Waals surface area contributed by atoms with Crippen molar-refractivity contribution < 1.29 is 9.53 Å². The van der Waals surface area contributed by atoms with E-state index in [2.05, 4.69) is 12.1 Å². The van der Waals surface area contributed by atoms with Gasteiger partial charge in [-0.05, 0) is 35.7 Å². The first kappa shape index (κ1) is 12.0. The number of hydrogen-bond acceptors (Lipinski definition) is 2. The van der Waals surface area contributed by atoms with Crippen LogP contribution < -0.4 is 4.74 Å². The molecule has 2 heteroatoms. The lowest BCUT2D eigenvalue weighted by molar-refractivity contribution is 0.0969. The summed E-state index contributed by atoms with van der Waals surface area (Å²) >= 11 is 0. The molecule has 0 heterocycles. The molecule has 1 aliphatic rings. The number of carbonyl (C=O) groups excluding carboxylic acids is 1. The van der Waals surface area contributed by atoms with Crippen molar-refractivity contribution in [2.24, 2.45) is 0 Å². The van der Waals surface area contributed by atoms with E-state index in [0.29, 0.717) is 12.3 Å². The lowest BCUT2D eigenvalue weighted by atomic mass is 9.78. The second-order valence-electron chi connectivity index (χ2n) is 4.88. The Bertz CT molecular complexity index is 602. The smallest absolute Gasteiger partial charge is 0.163 e. The summed E-state index contributed by atoms with van der Waals surface area (Å²) < 4.78 is 5.29. The average molecular weight is 252 g/mol. The van der Waals surface area contributed by atoms with Crippen LogP contribution in [0.4, 0.5) is 0 Å². The summed E-state index contributed by atoms with van der Waals surface area (Å²) in [5, 5.41) is 0. The summed E-state index contributed by atoms with van der Waals surface area (Å²) in [6.07, 6.45) is 1.50. The Hall–Kier alpha value is -2.09. The standard InChI is InChI=1S/C17H16O2/c1-19-13-7-8-15-16(11-13)14(9-10-17(15)18)12-5-3-2-4-6-12/h2-8,11,14H,9-10H2,1H3. The van der Waals surface area contributed by atoms with Crippen LogP contribution in [0.1, 0.15) is 40.2 Å². The predicted octanol–water partition coefficient (Wildman–Crippen LogP) is 3.80. The molecule has 1 unspecified atom stereocenters. The van der Waals surface area contributed by atoms with Crippen molar-refractivity contribution in [2.75, 3.05) is 7.11 Å². The molecule has 0 aromatic heterocycles. The van der Waals surface area contributed by atoms with E-state index < -0.39 is 0 Å². The van der Waals surface area contributed by atoms with Gasteiger partial charge in [0.1, 0.15) is 5.75 Å². The number of ketones is 1. The molecule has 0 radical (unpaired) electrons. The van der Waals surface area contributed by atoms with Gasteiger partial charge in [-0.1, -0.05) is 30.3 Å². The van der Waals surface area contributed by atoms with Gasteiger partial charge in [-0.25, -0.2) is 0 Å². The van der Waals surface area contributed by atoms with Crippen LogP contribution in [0.15, 0.2) is 48.5 Å². The molecule has 19 heavy (non-hydrogen) atoms. The van der Waals surface area contributed by atoms with E-state index in [0.717, 1.165) is 23.3 Å². The quantitative estimate of drug-likeness (QED) is 0.812. The second-order valence-corrected chi connectivity index (χ2v) is 4.88. The highest BCUT2D eigenvalue weighted by molar-refractivity contribution is 5.99. The monoisotopic (exact) mass is 252 g/mol. The Morgan fingerprint density at radius 3 is 2.63 bits per heavy atom. The number of benzene rings is 2. The lowest BCUT2D eigenvalue weighted by Gasteiger charge is -2.25. The molecule has 2 aromatic carbocycles. The number of Topliss-reactive ketones (excluding diaryl/α,β-unsaturated/α-hetero) is 1. The van der Waals surface area contributed by atoms with Crippen molar-refractivity contribution in [1.82, 2.24) is 0 Å². The molecule has 0 spiro atoms. The number of carbonyl (C=O) groups is 1. The third kappa shape index (κ3) is 2.14. The zero-order valence-corrected chi connectivity index (χ0v) is 10.9. The minimum absolute atomic E-state index is 0.241. The molecule has 0 saturated carbocycles. The van der Waals surface area contributed by atoms with Crippen molar-refractivity contribution in [3.05, 3.63) is 65.2 Å². The Morgan fingerprint density at radius 1 is 1.11 bits per heavy atom. The minimum Gasteiger partial charge on any atom is -0.497 e. The molecule has 2 nitrogen and oxygen atoms in total. The van der Waals surface area contributed by atoms with Gasteiger partial charge in [0.25, 0.3) is 0 Å². The van der Waals surface area contributed by atoms with Crippen molar-refractivity contribution in [2.45, 2.75) is 18.8 Å². The fourth-order valence-electron chi connectivity index (χ4n) is 2.81. The molecule has 1 atom stereocenters. The van der Waals surface area contributed by atoms with Crippen LogP contribution in [0.3, 0.4) is 0 Å². The van der Waals surface area contributed by atoms with E-state index in [4.69, 9.17) is 4.74 Å². The van der Waals surface area contributed by atoms with Crippen molar-refractivity contribution in [3.63, 3.8) is 0 Å². The molecule has 0 amide bonds. The molecular weight excluding hydrogens is 236 g/mol. The number of methoxy groups -OCH3 is 1. The topological polar surface area (TPSA) is 26.3 Å². The Kier molecular flexibility index (Phi) is 3.08. The summed E-state index contributed by atoms with van der Waals surface area (Å²) in [6, 6.07) is 16.1. The summed E-state index contributed by atoms with van der Waals surface area (Å²) in [4.78, 5) is 12.0. The molecule has 0 fully saturated rings.